The lowest BCUT2D eigenvalue weighted by Gasteiger charge is -2.08. The second-order valence-electron chi connectivity index (χ2n) is 4.74. The predicted molar refractivity (Wildman–Crippen MR) is 74.9 cm³/mol. The van der Waals surface area contributed by atoms with E-state index in [4.69, 9.17) is 0 Å². The van der Waals surface area contributed by atoms with Crippen molar-refractivity contribution in [3.8, 4) is 0 Å². The van der Waals surface area contributed by atoms with E-state index in [0.29, 0.717) is 12.6 Å². The Labute approximate surface area is 117 Å². The number of benzene rings is 1. The van der Waals surface area contributed by atoms with Crippen molar-refractivity contribution in [3.05, 3.63) is 33.9 Å². The van der Waals surface area contributed by atoms with Gasteiger partial charge >= 0.3 is 5.69 Å². The van der Waals surface area contributed by atoms with Gasteiger partial charge in [-0.2, -0.15) is 4.39 Å². The molecule has 20 heavy (non-hydrogen) atoms. The molecule has 1 aromatic rings. The predicted octanol–water partition coefficient (Wildman–Crippen LogP) is 4.65. The van der Waals surface area contributed by atoms with Gasteiger partial charge in [-0.25, -0.2) is 4.39 Å². The molecule has 0 atom stereocenters. The zero-order chi connectivity index (χ0) is 15.0. The number of halogens is 2. The van der Waals surface area contributed by atoms with Gasteiger partial charge in [0.25, 0.3) is 0 Å². The van der Waals surface area contributed by atoms with Crippen molar-refractivity contribution in [3.63, 3.8) is 0 Å². The molecule has 6 heteroatoms. The highest BCUT2D eigenvalue weighted by Crippen LogP contribution is 2.28. The van der Waals surface area contributed by atoms with Crippen LogP contribution in [0.15, 0.2) is 12.1 Å². The van der Waals surface area contributed by atoms with Crippen LogP contribution in [-0.2, 0) is 0 Å². The molecule has 1 rings (SSSR count). The van der Waals surface area contributed by atoms with E-state index < -0.39 is 22.2 Å². The maximum absolute atomic E-state index is 13.4. The van der Waals surface area contributed by atoms with E-state index in [9.17, 15) is 18.9 Å². The van der Waals surface area contributed by atoms with Crippen molar-refractivity contribution >= 4 is 11.4 Å². The number of hydrogen-bond acceptors (Lipinski definition) is 3. The minimum Gasteiger partial charge on any atom is -0.379 e. The van der Waals surface area contributed by atoms with Crippen LogP contribution in [0, 0.1) is 21.7 Å². The van der Waals surface area contributed by atoms with E-state index in [0.717, 1.165) is 25.3 Å². The van der Waals surface area contributed by atoms with E-state index in [1.54, 1.807) is 0 Å². The molecule has 0 aliphatic heterocycles. The average molecular weight is 286 g/mol. The minimum absolute atomic E-state index is 0.0962. The molecule has 0 fully saturated rings. The highest BCUT2D eigenvalue weighted by molar-refractivity contribution is 5.62. The molecule has 4 nitrogen and oxygen atoms in total. The summed E-state index contributed by atoms with van der Waals surface area (Å²) in [5.74, 6) is -1.97. The maximum Gasteiger partial charge on any atom is 0.327 e. The Kier molecular flexibility index (Phi) is 6.90. The standard InChI is InChI=1S/C14H20F2N2O2/c1-2-3-4-5-6-7-8-17-13-10-11(15)9-12(16)14(13)18(19)20/h9-10,17H,2-8H2,1H3. The fourth-order valence-corrected chi connectivity index (χ4v) is 2.01. The first kappa shape index (κ1) is 16.3. The fraction of sp³-hybridized carbons (Fsp3) is 0.571. The third-order valence-corrected chi connectivity index (χ3v) is 3.06. The molecule has 0 heterocycles. The van der Waals surface area contributed by atoms with Crippen molar-refractivity contribution in [1.29, 1.82) is 0 Å². The molecule has 0 unspecified atom stereocenters. The first-order chi connectivity index (χ1) is 9.56. The SMILES string of the molecule is CCCCCCCCNc1cc(F)cc(F)c1[N+](=O)[O-]. The van der Waals surface area contributed by atoms with E-state index in [1.165, 1.54) is 19.3 Å². The van der Waals surface area contributed by atoms with Crippen LogP contribution in [0.1, 0.15) is 45.4 Å². The molecule has 1 N–H and O–H groups in total. The lowest BCUT2D eigenvalue weighted by molar-refractivity contribution is -0.386. The van der Waals surface area contributed by atoms with Gasteiger partial charge in [-0.1, -0.05) is 39.0 Å². The van der Waals surface area contributed by atoms with Crippen molar-refractivity contribution in [2.24, 2.45) is 0 Å². The summed E-state index contributed by atoms with van der Waals surface area (Å²) in [7, 11) is 0. The van der Waals surface area contributed by atoms with Gasteiger partial charge in [-0.05, 0) is 6.42 Å². The summed E-state index contributed by atoms with van der Waals surface area (Å²) < 4.78 is 26.4. The largest absolute Gasteiger partial charge is 0.379 e. The molecule has 112 valence electrons. The van der Waals surface area contributed by atoms with Crippen molar-refractivity contribution < 1.29 is 13.7 Å². The van der Waals surface area contributed by atoms with Crippen LogP contribution in [-0.4, -0.2) is 11.5 Å². The van der Waals surface area contributed by atoms with Gasteiger partial charge in [0.15, 0.2) is 0 Å². The van der Waals surface area contributed by atoms with Crippen LogP contribution in [0.5, 0.6) is 0 Å². The number of nitrogens with zero attached hydrogens (tertiary/aromatic N) is 1. The highest BCUT2D eigenvalue weighted by Gasteiger charge is 2.21. The molecule has 0 aliphatic carbocycles. The monoisotopic (exact) mass is 286 g/mol. The Morgan fingerprint density at radius 2 is 1.80 bits per heavy atom. The van der Waals surface area contributed by atoms with E-state index in [1.807, 2.05) is 0 Å². The normalized spacial score (nSPS) is 10.6. The summed E-state index contributed by atoms with van der Waals surface area (Å²) in [5, 5.41) is 13.5. The maximum atomic E-state index is 13.4. The third kappa shape index (κ3) is 5.11. The zero-order valence-corrected chi connectivity index (χ0v) is 11.6. The molecular weight excluding hydrogens is 266 g/mol. The molecule has 0 saturated heterocycles. The van der Waals surface area contributed by atoms with Gasteiger partial charge in [0.2, 0.25) is 5.82 Å². The molecule has 0 aromatic heterocycles. The smallest absolute Gasteiger partial charge is 0.327 e. The third-order valence-electron chi connectivity index (χ3n) is 3.06. The van der Waals surface area contributed by atoms with Crippen LogP contribution < -0.4 is 5.32 Å². The summed E-state index contributed by atoms with van der Waals surface area (Å²) in [6, 6.07) is 1.48. The molecule has 0 amide bonds. The molecular formula is C14H20F2N2O2. The van der Waals surface area contributed by atoms with Crippen molar-refractivity contribution in [1.82, 2.24) is 0 Å². The van der Waals surface area contributed by atoms with E-state index >= 15 is 0 Å². The quantitative estimate of drug-likeness (QED) is 0.408. The van der Waals surface area contributed by atoms with Gasteiger partial charge in [0.05, 0.1) is 4.92 Å². The van der Waals surface area contributed by atoms with Crippen LogP contribution >= 0.6 is 0 Å². The lowest BCUT2D eigenvalue weighted by Crippen LogP contribution is -2.06. The minimum atomic E-state index is -1.15. The summed E-state index contributed by atoms with van der Waals surface area (Å²) in [5.41, 5.74) is -0.793. The zero-order valence-electron chi connectivity index (χ0n) is 11.6. The molecule has 0 radical (unpaired) electrons. The number of nitro benzene ring substituents is 1. The van der Waals surface area contributed by atoms with Crippen LogP contribution in [0.2, 0.25) is 0 Å². The van der Waals surface area contributed by atoms with Gasteiger partial charge in [-0.3, -0.25) is 10.1 Å². The molecule has 1 aromatic carbocycles. The lowest BCUT2D eigenvalue weighted by atomic mass is 10.1. The Bertz CT molecular complexity index is 453. The Hall–Kier alpha value is -1.72. The molecule has 0 spiro atoms. The summed E-state index contributed by atoms with van der Waals surface area (Å²) in [6.45, 7) is 2.61. The fourth-order valence-electron chi connectivity index (χ4n) is 2.01. The molecule has 0 bridgehead atoms. The topological polar surface area (TPSA) is 55.2 Å². The summed E-state index contributed by atoms with van der Waals surface area (Å²) >= 11 is 0. The summed E-state index contributed by atoms with van der Waals surface area (Å²) in [6.07, 6.45) is 6.47. The number of rotatable bonds is 9. The average Bonchev–Trinajstić information content (AvgIpc) is 2.36. The van der Waals surface area contributed by atoms with E-state index in [2.05, 4.69) is 12.2 Å². The van der Waals surface area contributed by atoms with Crippen LogP contribution in [0.25, 0.3) is 0 Å². The van der Waals surface area contributed by atoms with Crippen LogP contribution in [0.3, 0.4) is 0 Å². The molecule has 0 aliphatic rings. The van der Waals surface area contributed by atoms with E-state index in [-0.39, 0.29) is 5.69 Å². The van der Waals surface area contributed by atoms with Gasteiger partial charge in [0.1, 0.15) is 11.5 Å². The summed E-state index contributed by atoms with van der Waals surface area (Å²) in [4.78, 5) is 9.93. The second-order valence-corrected chi connectivity index (χ2v) is 4.74. The van der Waals surface area contributed by atoms with Crippen molar-refractivity contribution in [2.75, 3.05) is 11.9 Å². The number of nitrogens with one attached hydrogen (secondary N) is 1. The first-order valence-electron chi connectivity index (χ1n) is 6.93. The number of unbranched alkanes of at least 4 members (excludes halogenated alkanes) is 5. The Balaban J connectivity index is 2.49. The Morgan fingerprint density at radius 3 is 2.45 bits per heavy atom. The van der Waals surface area contributed by atoms with Crippen molar-refractivity contribution in [2.45, 2.75) is 45.4 Å². The second kappa shape index (κ2) is 8.45. The number of nitro groups is 1. The number of anilines is 1. The van der Waals surface area contributed by atoms with Gasteiger partial charge in [-0.15, -0.1) is 0 Å². The number of hydrogen-bond donors (Lipinski definition) is 1. The highest BCUT2D eigenvalue weighted by atomic mass is 19.1. The Morgan fingerprint density at radius 1 is 1.15 bits per heavy atom. The van der Waals surface area contributed by atoms with Gasteiger partial charge < -0.3 is 5.32 Å². The first-order valence-corrected chi connectivity index (χ1v) is 6.93. The van der Waals surface area contributed by atoms with Gasteiger partial charge in [0, 0.05) is 18.7 Å². The van der Waals surface area contributed by atoms with Crippen LogP contribution in [0.4, 0.5) is 20.2 Å². The molecule has 0 saturated carbocycles.